The van der Waals surface area contributed by atoms with Crippen LogP contribution in [-0.2, 0) is 26.3 Å². The summed E-state index contributed by atoms with van der Waals surface area (Å²) in [6.45, 7) is 1.12. The van der Waals surface area contributed by atoms with Crippen molar-refractivity contribution in [3.63, 3.8) is 0 Å². The van der Waals surface area contributed by atoms with Crippen LogP contribution in [0.2, 0.25) is 15.1 Å². The third-order valence-electron chi connectivity index (χ3n) is 5.26. The third-order valence-corrected chi connectivity index (χ3v) is 9.02. The molecule has 0 radical (unpaired) electrons. The van der Waals surface area contributed by atoms with Crippen LogP contribution >= 0.6 is 46.6 Å². The predicted octanol–water partition coefficient (Wildman–Crippen LogP) is 5.24. The fourth-order valence-electron chi connectivity index (χ4n) is 3.52. The zero-order valence-corrected chi connectivity index (χ0v) is 21.3. The minimum Gasteiger partial charge on any atom is -0.355 e. The van der Waals surface area contributed by atoms with E-state index in [9.17, 15) is 13.2 Å². The zero-order valence-electron chi connectivity index (χ0n) is 17.4. The van der Waals surface area contributed by atoms with E-state index in [4.69, 9.17) is 34.8 Å². The number of rotatable bonds is 9. The summed E-state index contributed by atoms with van der Waals surface area (Å²) in [6, 6.07) is 12.5. The van der Waals surface area contributed by atoms with Crippen molar-refractivity contribution in [2.24, 2.45) is 5.92 Å². The van der Waals surface area contributed by atoms with Crippen LogP contribution in [0.15, 0.2) is 42.5 Å². The van der Waals surface area contributed by atoms with Gasteiger partial charge in [0, 0.05) is 46.2 Å². The summed E-state index contributed by atoms with van der Waals surface area (Å²) in [4.78, 5) is 12.6. The van der Waals surface area contributed by atoms with Crippen LogP contribution in [0, 0.1) is 5.92 Å². The molecule has 1 atom stereocenters. The molecule has 32 heavy (non-hydrogen) atoms. The average molecular weight is 536 g/mol. The minimum absolute atomic E-state index is 0.104. The van der Waals surface area contributed by atoms with Gasteiger partial charge in [-0.15, -0.1) is 0 Å². The van der Waals surface area contributed by atoms with Gasteiger partial charge < -0.3 is 5.32 Å². The van der Waals surface area contributed by atoms with Crippen LogP contribution in [0.3, 0.4) is 0 Å². The van der Waals surface area contributed by atoms with Crippen LogP contribution in [0.5, 0.6) is 0 Å². The second kappa shape index (κ2) is 12.0. The number of nitrogens with zero attached hydrogens (tertiary/aromatic N) is 1. The summed E-state index contributed by atoms with van der Waals surface area (Å²) in [7, 11) is -3.59. The van der Waals surface area contributed by atoms with E-state index in [0.29, 0.717) is 41.5 Å². The van der Waals surface area contributed by atoms with E-state index in [1.54, 1.807) is 23.9 Å². The Bertz CT molecular complexity index is 1050. The molecule has 0 saturated carbocycles. The molecule has 3 rings (SSSR count). The van der Waals surface area contributed by atoms with Gasteiger partial charge in [-0.1, -0.05) is 59.1 Å². The van der Waals surface area contributed by atoms with Gasteiger partial charge in [-0.2, -0.15) is 11.8 Å². The molecular formula is C22H25Cl3N2O3S2. The van der Waals surface area contributed by atoms with Crippen molar-refractivity contribution >= 4 is 62.5 Å². The topological polar surface area (TPSA) is 66.5 Å². The summed E-state index contributed by atoms with van der Waals surface area (Å²) in [5, 5.41) is 4.46. The number of carbonyl (C=O) groups is 1. The summed E-state index contributed by atoms with van der Waals surface area (Å²) in [6.07, 6.45) is 1.32. The summed E-state index contributed by atoms with van der Waals surface area (Å²) >= 11 is 19.9. The standard InChI is InChI=1S/C22H25Cl3N2O3S2/c23-19-8-7-18(21(25)12-19)15-32(29,30)27-10-3-5-16(13-27)22(28)26-9-11-31-14-17-4-1-2-6-20(17)24/h1-2,4,6-8,12,16H,3,5,9-11,13-15H2,(H,26,28)/t16-/m0/s1. The highest BCUT2D eigenvalue weighted by molar-refractivity contribution is 7.98. The van der Waals surface area contributed by atoms with Crippen molar-refractivity contribution in [3.8, 4) is 0 Å². The lowest BCUT2D eigenvalue weighted by Gasteiger charge is -2.31. The Balaban J connectivity index is 1.47. The average Bonchev–Trinajstić information content (AvgIpc) is 2.76. The number of nitrogens with one attached hydrogen (secondary N) is 1. The molecule has 2 aromatic rings. The lowest BCUT2D eigenvalue weighted by molar-refractivity contribution is -0.125. The first kappa shape index (κ1) is 25.7. The van der Waals surface area contributed by atoms with Gasteiger partial charge in [0.25, 0.3) is 0 Å². The van der Waals surface area contributed by atoms with Gasteiger partial charge in [-0.25, -0.2) is 12.7 Å². The number of thioether (sulfide) groups is 1. The smallest absolute Gasteiger partial charge is 0.224 e. The molecule has 1 saturated heterocycles. The van der Waals surface area contributed by atoms with Gasteiger partial charge in [0.15, 0.2) is 0 Å². The molecule has 10 heteroatoms. The lowest BCUT2D eigenvalue weighted by atomic mass is 9.99. The molecule has 1 fully saturated rings. The first-order valence-electron chi connectivity index (χ1n) is 10.3. The van der Waals surface area contributed by atoms with Crippen LogP contribution in [0.25, 0.3) is 0 Å². The lowest BCUT2D eigenvalue weighted by Crippen LogP contribution is -2.46. The fraction of sp³-hybridized carbons (Fsp3) is 0.409. The van der Waals surface area contributed by atoms with Gasteiger partial charge >= 0.3 is 0 Å². The highest BCUT2D eigenvalue weighted by Gasteiger charge is 2.32. The molecular weight excluding hydrogens is 511 g/mol. The molecule has 174 valence electrons. The molecule has 0 bridgehead atoms. The number of carbonyl (C=O) groups excluding carboxylic acids is 1. The normalized spacial score (nSPS) is 17.3. The molecule has 5 nitrogen and oxygen atoms in total. The Morgan fingerprint density at radius 3 is 2.62 bits per heavy atom. The molecule has 1 heterocycles. The monoisotopic (exact) mass is 534 g/mol. The summed E-state index contributed by atoms with van der Waals surface area (Å²) in [5.41, 5.74) is 1.57. The van der Waals surface area contributed by atoms with Crippen molar-refractivity contribution in [3.05, 3.63) is 68.7 Å². The van der Waals surface area contributed by atoms with Gasteiger partial charge in [0.2, 0.25) is 15.9 Å². The van der Waals surface area contributed by atoms with E-state index in [-0.39, 0.29) is 24.1 Å². The van der Waals surface area contributed by atoms with E-state index in [2.05, 4.69) is 5.32 Å². The van der Waals surface area contributed by atoms with E-state index in [0.717, 1.165) is 22.1 Å². The van der Waals surface area contributed by atoms with E-state index in [1.165, 1.54) is 10.4 Å². The molecule has 1 aliphatic heterocycles. The quantitative estimate of drug-likeness (QED) is 0.446. The Morgan fingerprint density at radius 2 is 1.88 bits per heavy atom. The molecule has 0 aromatic heterocycles. The zero-order chi connectivity index (χ0) is 23.1. The first-order valence-corrected chi connectivity index (χ1v) is 14.2. The SMILES string of the molecule is O=C(NCCSCc1ccccc1Cl)[C@H]1CCCN(S(=O)(=O)Cc2ccc(Cl)cc2Cl)C1. The first-order chi connectivity index (χ1) is 15.3. The number of hydrogen-bond acceptors (Lipinski definition) is 4. The molecule has 1 aliphatic rings. The number of sulfonamides is 1. The highest BCUT2D eigenvalue weighted by Crippen LogP contribution is 2.26. The van der Waals surface area contributed by atoms with E-state index < -0.39 is 10.0 Å². The summed E-state index contributed by atoms with van der Waals surface area (Å²) in [5.74, 6) is 0.857. The van der Waals surface area contributed by atoms with Crippen molar-refractivity contribution in [2.75, 3.05) is 25.4 Å². The van der Waals surface area contributed by atoms with Gasteiger partial charge in [-0.3, -0.25) is 4.79 Å². The van der Waals surface area contributed by atoms with Crippen molar-refractivity contribution in [2.45, 2.75) is 24.3 Å². The molecule has 0 unspecified atom stereocenters. The maximum absolute atomic E-state index is 12.9. The van der Waals surface area contributed by atoms with Crippen molar-refractivity contribution < 1.29 is 13.2 Å². The van der Waals surface area contributed by atoms with Crippen molar-refractivity contribution in [1.82, 2.24) is 9.62 Å². The fourth-order valence-corrected chi connectivity index (χ4v) is 6.86. The maximum atomic E-state index is 12.9. The van der Waals surface area contributed by atoms with Gasteiger partial charge in [0.05, 0.1) is 11.7 Å². The van der Waals surface area contributed by atoms with Crippen LogP contribution in [-0.4, -0.2) is 44.0 Å². The Hall–Kier alpha value is -0.960. The Morgan fingerprint density at radius 1 is 1.09 bits per heavy atom. The number of benzene rings is 2. The largest absolute Gasteiger partial charge is 0.355 e. The Kier molecular flexibility index (Phi) is 9.58. The van der Waals surface area contributed by atoms with Gasteiger partial charge in [0.1, 0.15) is 0 Å². The second-order valence-electron chi connectivity index (χ2n) is 7.62. The number of amides is 1. The minimum atomic E-state index is -3.59. The number of halogens is 3. The second-order valence-corrected chi connectivity index (χ2v) is 11.9. The molecule has 1 N–H and O–H groups in total. The maximum Gasteiger partial charge on any atom is 0.224 e. The molecule has 0 spiro atoms. The number of piperidine rings is 1. The van der Waals surface area contributed by atoms with E-state index in [1.807, 2.05) is 24.3 Å². The van der Waals surface area contributed by atoms with E-state index >= 15 is 0 Å². The number of hydrogen-bond donors (Lipinski definition) is 1. The van der Waals surface area contributed by atoms with Crippen LogP contribution in [0.1, 0.15) is 24.0 Å². The predicted molar refractivity (Wildman–Crippen MR) is 134 cm³/mol. The highest BCUT2D eigenvalue weighted by atomic mass is 35.5. The van der Waals surface area contributed by atoms with Crippen molar-refractivity contribution in [1.29, 1.82) is 0 Å². The molecule has 1 amide bonds. The van der Waals surface area contributed by atoms with Crippen LogP contribution in [0.4, 0.5) is 0 Å². The third kappa shape index (κ3) is 7.27. The van der Waals surface area contributed by atoms with Gasteiger partial charge in [-0.05, 0) is 42.2 Å². The molecule has 0 aliphatic carbocycles. The summed E-state index contributed by atoms with van der Waals surface area (Å²) < 4.78 is 27.2. The van der Waals surface area contributed by atoms with Crippen LogP contribution < -0.4 is 5.32 Å². The molecule has 2 aromatic carbocycles. The Labute approximate surface area is 208 Å².